The molecule has 0 aliphatic heterocycles. The summed E-state index contributed by atoms with van der Waals surface area (Å²) in [4.78, 5) is 14.1. The van der Waals surface area contributed by atoms with Gasteiger partial charge in [0.25, 0.3) is 0 Å². The minimum absolute atomic E-state index is 0.294. The number of hydrogen-bond donors (Lipinski definition) is 1. The van der Waals surface area contributed by atoms with E-state index in [-0.39, 0.29) is 0 Å². The van der Waals surface area contributed by atoms with Gasteiger partial charge in [0, 0.05) is 19.0 Å². The fraction of sp³-hybridized carbons (Fsp3) is 0.917. The molecule has 1 fully saturated rings. The molecule has 0 aromatic heterocycles. The van der Waals surface area contributed by atoms with Gasteiger partial charge in [-0.15, -0.1) is 0 Å². The van der Waals surface area contributed by atoms with Gasteiger partial charge in [-0.05, 0) is 32.2 Å². The molecular formula is C12H24N2O. The Labute approximate surface area is 93.0 Å². The van der Waals surface area contributed by atoms with E-state index >= 15 is 0 Å². The number of carbonyl (C=O) groups is 1. The van der Waals surface area contributed by atoms with Gasteiger partial charge in [0.05, 0.1) is 0 Å². The van der Waals surface area contributed by atoms with E-state index in [2.05, 4.69) is 11.8 Å². The van der Waals surface area contributed by atoms with Crippen LogP contribution in [0.25, 0.3) is 0 Å². The Hall–Kier alpha value is -0.570. The van der Waals surface area contributed by atoms with Crippen LogP contribution in [0.1, 0.15) is 46.0 Å². The highest BCUT2D eigenvalue weighted by Gasteiger charge is 2.25. The minimum atomic E-state index is 0.294. The lowest BCUT2D eigenvalue weighted by molar-refractivity contribution is -0.134. The second kappa shape index (κ2) is 6.11. The molecule has 0 bridgehead atoms. The van der Waals surface area contributed by atoms with Crippen molar-refractivity contribution in [3.8, 4) is 0 Å². The number of hydrogen-bond acceptors (Lipinski definition) is 2. The van der Waals surface area contributed by atoms with Crippen molar-refractivity contribution in [3.63, 3.8) is 0 Å². The van der Waals surface area contributed by atoms with Crippen molar-refractivity contribution < 1.29 is 4.79 Å². The van der Waals surface area contributed by atoms with Gasteiger partial charge < -0.3 is 10.6 Å². The summed E-state index contributed by atoms with van der Waals surface area (Å²) < 4.78 is 0. The van der Waals surface area contributed by atoms with Crippen LogP contribution in [-0.2, 0) is 4.79 Å². The molecule has 2 N–H and O–H groups in total. The smallest absolute Gasteiger partial charge is 0.223 e. The SMILES string of the molecule is CCN(C(=O)CC(C)CN)C1CCCC1. The third-order valence-electron chi connectivity index (χ3n) is 3.35. The van der Waals surface area contributed by atoms with E-state index in [4.69, 9.17) is 5.73 Å². The molecule has 0 saturated heterocycles. The molecule has 3 heteroatoms. The Balaban J connectivity index is 2.45. The second-order valence-corrected chi connectivity index (χ2v) is 4.66. The monoisotopic (exact) mass is 212 g/mol. The fourth-order valence-electron chi connectivity index (χ4n) is 2.35. The summed E-state index contributed by atoms with van der Waals surface area (Å²) >= 11 is 0. The van der Waals surface area contributed by atoms with Crippen LogP contribution in [-0.4, -0.2) is 29.9 Å². The van der Waals surface area contributed by atoms with Crippen LogP contribution in [0.2, 0.25) is 0 Å². The summed E-state index contributed by atoms with van der Waals surface area (Å²) in [5.74, 6) is 0.607. The molecule has 0 heterocycles. The standard InChI is InChI=1S/C12H24N2O/c1-3-14(11-6-4-5-7-11)12(15)8-10(2)9-13/h10-11H,3-9,13H2,1-2H3. The highest BCUT2D eigenvalue weighted by Crippen LogP contribution is 2.24. The lowest BCUT2D eigenvalue weighted by atomic mass is 10.1. The number of nitrogens with zero attached hydrogens (tertiary/aromatic N) is 1. The van der Waals surface area contributed by atoms with Crippen molar-refractivity contribution in [2.24, 2.45) is 11.7 Å². The van der Waals surface area contributed by atoms with Crippen molar-refractivity contribution in [2.45, 2.75) is 52.0 Å². The summed E-state index contributed by atoms with van der Waals surface area (Å²) in [5, 5.41) is 0. The molecule has 1 aliphatic rings. The highest BCUT2D eigenvalue weighted by atomic mass is 16.2. The summed E-state index contributed by atoms with van der Waals surface area (Å²) in [6, 6.07) is 0.507. The van der Waals surface area contributed by atoms with Crippen LogP contribution in [0.5, 0.6) is 0 Å². The van der Waals surface area contributed by atoms with Crippen LogP contribution in [0, 0.1) is 5.92 Å². The van der Waals surface area contributed by atoms with Crippen LogP contribution < -0.4 is 5.73 Å². The van der Waals surface area contributed by atoms with Gasteiger partial charge in [-0.3, -0.25) is 4.79 Å². The van der Waals surface area contributed by atoms with Crippen LogP contribution in [0.15, 0.2) is 0 Å². The zero-order chi connectivity index (χ0) is 11.3. The molecule has 1 rings (SSSR count). The Morgan fingerprint density at radius 1 is 1.47 bits per heavy atom. The van der Waals surface area contributed by atoms with E-state index in [0.717, 1.165) is 6.54 Å². The van der Waals surface area contributed by atoms with E-state index in [9.17, 15) is 4.79 Å². The molecular weight excluding hydrogens is 188 g/mol. The molecule has 0 spiro atoms. The molecule has 0 radical (unpaired) electrons. The number of nitrogens with two attached hydrogens (primary N) is 1. The zero-order valence-corrected chi connectivity index (χ0v) is 10.0. The van der Waals surface area contributed by atoms with Crippen LogP contribution >= 0.6 is 0 Å². The molecule has 1 amide bonds. The second-order valence-electron chi connectivity index (χ2n) is 4.66. The average Bonchev–Trinajstić information content (AvgIpc) is 2.72. The number of amides is 1. The molecule has 15 heavy (non-hydrogen) atoms. The first kappa shape index (κ1) is 12.5. The van der Waals surface area contributed by atoms with E-state index in [1.54, 1.807) is 0 Å². The van der Waals surface area contributed by atoms with Crippen LogP contribution in [0.4, 0.5) is 0 Å². The Bertz CT molecular complexity index is 200. The van der Waals surface area contributed by atoms with Gasteiger partial charge in [0.15, 0.2) is 0 Å². The maximum absolute atomic E-state index is 12.0. The van der Waals surface area contributed by atoms with E-state index in [1.807, 2.05) is 6.92 Å². The fourth-order valence-corrected chi connectivity index (χ4v) is 2.35. The topological polar surface area (TPSA) is 46.3 Å². The van der Waals surface area contributed by atoms with Gasteiger partial charge in [-0.1, -0.05) is 19.8 Å². The van der Waals surface area contributed by atoms with Crippen molar-refractivity contribution in [2.75, 3.05) is 13.1 Å². The van der Waals surface area contributed by atoms with E-state index < -0.39 is 0 Å². The number of carbonyl (C=O) groups excluding carboxylic acids is 1. The Morgan fingerprint density at radius 2 is 2.07 bits per heavy atom. The molecule has 0 aromatic rings. The molecule has 0 aromatic carbocycles. The average molecular weight is 212 g/mol. The van der Waals surface area contributed by atoms with Crippen LogP contribution in [0.3, 0.4) is 0 Å². The molecule has 1 saturated carbocycles. The van der Waals surface area contributed by atoms with Crippen molar-refractivity contribution >= 4 is 5.91 Å². The molecule has 1 unspecified atom stereocenters. The normalized spacial score (nSPS) is 19.1. The third kappa shape index (κ3) is 3.49. The van der Waals surface area contributed by atoms with E-state index in [1.165, 1.54) is 25.7 Å². The van der Waals surface area contributed by atoms with E-state index in [0.29, 0.717) is 30.8 Å². The lowest BCUT2D eigenvalue weighted by Gasteiger charge is -2.28. The molecule has 88 valence electrons. The minimum Gasteiger partial charge on any atom is -0.340 e. The Kier molecular flexibility index (Phi) is 5.09. The quantitative estimate of drug-likeness (QED) is 0.755. The Morgan fingerprint density at radius 3 is 2.53 bits per heavy atom. The predicted molar refractivity (Wildman–Crippen MR) is 62.5 cm³/mol. The lowest BCUT2D eigenvalue weighted by Crippen LogP contribution is -2.39. The largest absolute Gasteiger partial charge is 0.340 e. The van der Waals surface area contributed by atoms with Gasteiger partial charge in [-0.2, -0.15) is 0 Å². The maximum atomic E-state index is 12.0. The summed E-state index contributed by atoms with van der Waals surface area (Å²) in [5.41, 5.74) is 5.54. The van der Waals surface area contributed by atoms with Gasteiger partial charge >= 0.3 is 0 Å². The van der Waals surface area contributed by atoms with Gasteiger partial charge in [-0.25, -0.2) is 0 Å². The first-order chi connectivity index (χ1) is 7.19. The first-order valence-electron chi connectivity index (χ1n) is 6.18. The maximum Gasteiger partial charge on any atom is 0.223 e. The summed E-state index contributed by atoms with van der Waals surface area (Å²) in [6.45, 7) is 5.57. The van der Waals surface area contributed by atoms with Crippen molar-refractivity contribution in [1.29, 1.82) is 0 Å². The third-order valence-corrected chi connectivity index (χ3v) is 3.35. The van der Waals surface area contributed by atoms with Gasteiger partial charge in [0.1, 0.15) is 0 Å². The highest BCUT2D eigenvalue weighted by molar-refractivity contribution is 5.76. The van der Waals surface area contributed by atoms with Crippen molar-refractivity contribution in [3.05, 3.63) is 0 Å². The first-order valence-corrected chi connectivity index (χ1v) is 6.18. The molecule has 3 nitrogen and oxygen atoms in total. The van der Waals surface area contributed by atoms with Crippen molar-refractivity contribution in [1.82, 2.24) is 4.90 Å². The number of rotatable bonds is 5. The zero-order valence-electron chi connectivity index (χ0n) is 10.0. The van der Waals surface area contributed by atoms with Gasteiger partial charge in [0.2, 0.25) is 5.91 Å². The summed E-state index contributed by atoms with van der Waals surface area (Å²) in [6.07, 6.45) is 5.55. The molecule has 1 atom stereocenters. The molecule has 1 aliphatic carbocycles. The summed E-state index contributed by atoms with van der Waals surface area (Å²) in [7, 11) is 0. The predicted octanol–water partition coefficient (Wildman–Crippen LogP) is 1.76.